The van der Waals surface area contributed by atoms with E-state index in [0.717, 1.165) is 33.2 Å². The Morgan fingerprint density at radius 2 is 1.31 bits per heavy atom. The lowest BCUT2D eigenvalue weighted by Gasteiger charge is -2.27. The summed E-state index contributed by atoms with van der Waals surface area (Å²) in [5, 5.41) is 5.30. The number of anilines is 1. The Kier molecular flexibility index (Phi) is 6.65. The van der Waals surface area contributed by atoms with Crippen LogP contribution >= 0.6 is 0 Å². The standard InChI is InChI=1S/C34H27NO/c1-2-34(30-16-7-4-8-17-30,33(36)35-32-19-11-15-29-14-9-10-18-31(29)32)25-24-26-20-22-28(23-21-26)27-12-5-3-6-13-27/h3-23H,2H2,1H3,(H,35,36)/t34-/m1/s1. The van der Waals surface area contributed by atoms with Gasteiger partial charge in [0.05, 0.1) is 0 Å². The lowest BCUT2D eigenvalue weighted by molar-refractivity contribution is -0.119. The second-order valence-corrected chi connectivity index (χ2v) is 8.80. The number of amides is 1. The Hall–Kier alpha value is -4.61. The van der Waals surface area contributed by atoms with Crippen LogP contribution in [-0.2, 0) is 10.2 Å². The predicted molar refractivity (Wildman–Crippen MR) is 150 cm³/mol. The molecule has 1 amide bonds. The maximum Gasteiger partial charge on any atom is 0.247 e. The fourth-order valence-electron chi connectivity index (χ4n) is 4.55. The molecule has 36 heavy (non-hydrogen) atoms. The van der Waals surface area contributed by atoms with Crippen molar-refractivity contribution in [3.63, 3.8) is 0 Å². The first kappa shape index (κ1) is 23.1. The summed E-state index contributed by atoms with van der Waals surface area (Å²) in [6, 6.07) is 42.3. The molecule has 0 spiro atoms. The summed E-state index contributed by atoms with van der Waals surface area (Å²) in [6.45, 7) is 2.02. The zero-order valence-electron chi connectivity index (χ0n) is 20.2. The van der Waals surface area contributed by atoms with E-state index >= 15 is 0 Å². The van der Waals surface area contributed by atoms with Crippen LogP contribution in [0.3, 0.4) is 0 Å². The maximum atomic E-state index is 14.0. The third kappa shape index (κ3) is 4.65. The lowest BCUT2D eigenvalue weighted by atomic mass is 9.77. The van der Waals surface area contributed by atoms with Crippen LogP contribution in [0.4, 0.5) is 5.69 Å². The zero-order valence-corrected chi connectivity index (χ0v) is 20.2. The monoisotopic (exact) mass is 465 g/mol. The average Bonchev–Trinajstić information content (AvgIpc) is 2.95. The molecule has 0 aliphatic carbocycles. The van der Waals surface area contributed by atoms with E-state index in [2.05, 4.69) is 41.4 Å². The van der Waals surface area contributed by atoms with Crippen LogP contribution in [0, 0.1) is 11.8 Å². The van der Waals surface area contributed by atoms with E-state index in [1.165, 1.54) is 5.56 Å². The first-order chi connectivity index (χ1) is 17.7. The summed E-state index contributed by atoms with van der Waals surface area (Å²) in [7, 11) is 0. The van der Waals surface area contributed by atoms with E-state index in [4.69, 9.17) is 0 Å². The number of hydrogen-bond acceptors (Lipinski definition) is 1. The highest BCUT2D eigenvalue weighted by Crippen LogP contribution is 2.31. The zero-order chi connectivity index (χ0) is 24.8. The first-order valence-electron chi connectivity index (χ1n) is 12.2. The topological polar surface area (TPSA) is 29.1 Å². The Labute approximate surface area is 212 Å². The quantitative estimate of drug-likeness (QED) is 0.263. The first-order valence-corrected chi connectivity index (χ1v) is 12.2. The van der Waals surface area contributed by atoms with Crippen molar-refractivity contribution in [1.82, 2.24) is 0 Å². The normalized spacial score (nSPS) is 12.2. The van der Waals surface area contributed by atoms with Crippen LogP contribution in [0.2, 0.25) is 0 Å². The molecule has 0 heterocycles. The summed E-state index contributed by atoms with van der Waals surface area (Å²) in [5.41, 5.74) is 3.87. The minimum Gasteiger partial charge on any atom is -0.324 e. The van der Waals surface area contributed by atoms with Gasteiger partial charge in [0.25, 0.3) is 0 Å². The third-order valence-electron chi connectivity index (χ3n) is 6.63. The molecule has 174 valence electrons. The van der Waals surface area contributed by atoms with Crippen LogP contribution in [0.25, 0.3) is 21.9 Å². The van der Waals surface area contributed by atoms with E-state index in [1.54, 1.807) is 0 Å². The van der Waals surface area contributed by atoms with Gasteiger partial charge in [0.1, 0.15) is 5.41 Å². The molecule has 0 bridgehead atoms. The second kappa shape index (κ2) is 10.3. The number of rotatable bonds is 5. The van der Waals surface area contributed by atoms with Gasteiger partial charge in [-0.2, -0.15) is 0 Å². The van der Waals surface area contributed by atoms with Crippen molar-refractivity contribution in [2.24, 2.45) is 0 Å². The van der Waals surface area contributed by atoms with Crippen LogP contribution in [0.5, 0.6) is 0 Å². The van der Waals surface area contributed by atoms with Crippen molar-refractivity contribution in [3.8, 4) is 23.0 Å². The minimum absolute atomic E-state index is 0.124. The maximum absolute atomic E-state index is 14.0. The summed E-state index contributed by atoms with van der Waals surface area (Å²) in [4.78, 5) is 14.0. The summed E-state index contributed by atoms with van der Waals surface area (Å²) >= 11 is 0. The summed E-state index contributed by atoms with van der Waals surface area (Å²) < 4.78 is 0. The molecule has 5 rings (SSSR count). The van der Waals surface area contributed by atoms with Crippen LogP contribution in [0.1, 0.15) is 24.5 Å². The Bertz CT molecular complexity index is 1540. The Morgan fingerprint density at radius 3 is 2.03 bits per heavy atom. The van der Waals surface area contributed by atoms with Crippen molar-refractivity contribution in [1.29, 1.82) is 0 Å². The van der Waals surface area contributed by atoms with Crippen LogP contribution in [0.15, 0.2) is 127 Å². The van der Waals surface area contributed by atoms with Gasteiger partial charge in [0, 0.05) is 16.6 Å². The van der Waals surface area contributed by atoms with E-state index in [9.17, 15) is 4.79 Å². The molecule has 0 aliphatic heterocycles. The van der Waals surface area contributed by atoms with Gasteiger partial charge in [-0.15, -0.1) is 0 Å². The smallest absolute Gasteiger partial charge is 0.247 e. The van der Waals surface area contributed by atoms with Gasteiger partial charge in [-0.05, 0) is 46.7 Å². The molecule has 0 unspecified atom stereocenters. The molecule has 0 saturated heterocycles. The molecule has 0 fully saturated rings. The van der Waals surface area contributed by atoms with Crippen LogP contribution < -0.4 is 5.32 Å². The number of carbonyl (C=O) groups is 1. The van der Waals surface area contributed by atoms with Gasteiger partial charge in [-0.3, -0.25) is 4.79 Å². The molecular formula is C34H27NO. The van der Waals surface area contributed by atoms with Crippen molar-refractivity contribution >= 4 is 22.4 Å². The summed E-state index contributed by atoms with van der Waals surface area (Å²) in [6.07, 6.45) is 0.544. The summed E-state index contributed by atoms with van der Waals surface area (Å²) in [5.74, 6) is 6.56. The largest absolute Gasteiger partial charge is 0.324 e. The molecule has 2 nitrogen and oxygen atoms in total. The van der Waals surface area contributed by atoms with Crippen LogP contribution in [-0.4, -0.2) is 5.91 Å². The second-order valence-electron chi connectivity index (χ2n) is 8.80. The van der Waals surface area contributed by atoms with Crippen molar-refractivity contribution in [2.45, 2.75) is 18.8 Å². The third-order valence-corrected chi connectivity index (χ3v) is 6.63. The van der Waals surface area contributed by atoms with Crippen molar-refractivity contribution in [3.05, 3.63) is 139 Å². The molecule has 1 atom stereocenters. The van der Waals surface area contributed by atoms with Gasteiger partial charge in [-0.25, -0.2) is 0 Å². The lowest BCUT2D eigenvalue weighted by Crippen LogP contribution is -2.39. The fourth-order valence-corrected chi connectivity index (χ4v) is 4.55. The molecule has 2 heteroatoms. The van der Waals surface area contributed by atoms with E-state index < -0.39 is 5.41 Å². The predicted octanol–water partition coefficient (Wildman–Crippen LogP) is 7.85. The number of benzene rings is 5. The molecule has 0 aromatic heterocycles. The molecule has 0 aliphatic rings. The van der Waals surface area contributed by atoms with Gasteiger partial charge < -0.3 is 5.32 Å². The Balaban J connectivity index is 1.52. The molecule has 0 radical (unpaired) electrons. The molecular weight excluding hydrogens is 438 g/mol. The highest BCUT2D eigenvalue weighted by Gasteiger charge is 2.37. The van der Waals surface area contributed by atoms with Gasteiger partial charge in [-0.1, -0.05) is 128 Å². The van der Waals surface area contributed by atoms with Gasteiger partial charge >= 0.3 is 0 Å². The number of hydrogen-bond donors (Lipinski definition) is 1. The minimum atomic E-state index is -0.990. The molecule has 5 aromatic rings. The molecule has 5 aromatic carbocycles. The van der Waals surface area contributed by atoms with Gasteiger partial charge in [0.2, 0.25) is 5.91 Å². The SMILES string of the molecule is CC[C@](C#Cc1ccc(-c2ccccc2)cc1)(C(=O)Nc1cccc2ccccc12)c1ccccc1. The molecule has 0 saturated carbocycles. The Morgan fingerprint density at radius 1 is 0.694 bits per heavy atom. The average molecular weight is 466 g/mol. The van der Waals surface area contributed by atoms with Crippen molar-refractivity contribution in [2.75, 3.05) is 5.32 Å². The van der Waals surface area contributed by atoms with E-state index in [-0.39, 0.29) is 5.91 Å². The van der Waals surface area contributed by atoms with E-state index in [0.29, 0.717) is 6.42 Å². The fraction of sp³-hybridized carbons (Fsp3) is 0.0882. The highest BCUT2D eigenvalue weighted by atomic mass is 16.2. The number of carbonyl (C=O) groups excluding carboxylic acids is 1. The number of nitrogens with one attached hydrogen (secondary N) is 1. The highest BCUT2D eigenvalue weighted by molar-refractivity contribution is 6.07. The molecule has 1 N–H and O–H groups in total. The van der Waals surface area contributed by atoms with Crippen molar-refractivity contribution < 1.29 is 4.79 Å². The van der Waals surface area contributed by atoms with E-state index in [1.807, 2.05) is 110 Å². The number of fused-ring (bicyclic) bond motifs is 1. The van der Waals surface area contributed by atoms with Gasteiger partial charge in [0.15, 0.2) is 0 Å².